The number of carbonyl (C=O) groups excluding carboxylic acids is 2. The molecule has 8 nitrogen and oxygen atoms in total. The lowest BCUT2D eigenvalue weighted by atomic mass is 9.58. The van der Waals surface area contributed by atoms with Crippen molar-refractivity contribution in [2.75, 3.05) is 18.6 Å². The highest BCUT2D eigenvalue weighted by molar-refractivity contribution is 14.1. The van der Waals surface area contributed by atoms with Crippen LogP contribution in [-0.4, -0.2) is 54.0 Å². The fourth-order valence-electron chi connectivity index (χ4n) is 6.72. The second-order valence-corrected chi connectivity index (χ2v) is 12.1. The van der Waals surface area contributed by atoms with E-state index in [1.807, 2.05) is 12.1 Å². The predicted octanol–water partition coefficient (Wildman–Crippen LogP) is 4.96. The molecule has 0 spiro atoms. The van der Waals surface area contributed by atoms with Crippen LogP contribution in [0.5, 0.6) is 11.5 Å². The maximum atomic E-state index is 13.7. The number of aliphatic hydroxyl groups is 1. The monoisotopic (exact) mass is 671 g/mol. The Morgan fingerprint density at radius 3 is 2.61 bits per heavy atom. The highest BCUT2D eigenvalue weighted by Gasteiger charge is 2.57. The molecule has 2 aromatic carbocycles. The fraction of sp³-hybridized carbons (Fsp3) is 0.419. The molecule has 3 aliphatic rings. The maximum Gasteiger partial charge on any atom is 0.455 e. The van der Waals surface area contributed by atoms with Gasteiger partial charge in [0.1, 0.15) is 0 Å². The Morgan fingerprint density at radius 2 is 1.93 bits per heavy atom. The standard InChI is InChI=1S/C31H35BINO7/c1-3-7-18(12-19-13-24(33)29(36)26(14-19)40-2)10-11-25-27-20(17-35)15-22-28(23(27)16-32(39)41-25)31(38)34(30(22)37)21-8-5-4-6-9-21/h4-6,8-9,12-14,22-23,25,28,35-36,39H,3,7,10-11,15-17H2,1-2H3/b18-12+/t22-,23+,25-,28-/m1/s1. The number of imide groups is 1. The molecule has 0 aromatic heterocycles. The van der Waals surface area contributed by atoms with E-state index in [4.69, 9.17) is 9.39 Å². The smallest absolute Gasteiger partial charge is 0.455 e. The molecule has 5 rings (SSSR count). The Labute approximate surface area is 254 Å². The van der Waals surface area contributed by atoms with Crippen LogP contribution in [0, 0.1) is 21.3 Å². The summed E-state index contributed by atoms with van der Waals surface area (Å²) in [6.07, 6.45) is 5.17. The van der Waals surface area contributed by atoms with Crippen LogP contribution in [0.1, 0.15) is 44.6 Å². The zero-order valence-electron chi connectivity index (χ0n) is 23.3. The minimum absolute atomic E-state index is 0.114. The van der Waals surface area contributed by atoms with Gasteiger partial charge in [0.15, 0.2) is 11.5 Å². The number of phenols is 1. The summed E-state index contributed by atoms with van der Waals surface area (Å²) in [4.78, 5) is 28.5. The van der Waals surface area contributed by atoms with Crippen molar-refractivity contribution < 1.29 is 34.2 Å². The van der Waals surface area contributed by atoms with Crippen LogP contribution in [0.4, 0.5) is 5.69 Å². The number of rotatable bonds is 9. The molecule has 2 heterocycles. The van der Waals surface area contributed by atoms with Crippen LogP contribution in [0.3, 0.4) is 0 Å². The van der Waals surface area contributed by atoms with Crippen molar-refractivity contribution in [1.29, 1.82) is 0 Å². The van der Waals surface area contributed by atoms with E-state index in [1.165, 1.54) is 17.6 Å². The van der Waals surface area contributed by atoms with E-state index in [-0.39, 0.29) is 36.4 Å². The number of anilines is 1. The van der Waals surface area contributed by atoms with Crippen LogP contribution in [0.2, 0.25) is 6.32 Å². The molecule has 3 N–H and O–H groups in total. The zero-order chi connectivity index (χ0) is 29.3. The Morgan fingerprint density at radius 1 is 1.17 bits per heavy atom. The van der Waals surface area contributed by atoms with Gasteiger partial charge in [-0.1, -0.05) is 43.2 Å². The molecule has 0 saturated carbocycles. The second-order valence-electron chi connectivity index (χ2n) is 11.0. The van der Waals surface area contributed by atoms with Crippen LogP contribution < -0.4 is 9.64 Å². The number of fused-ring (bicyclic) bond motifs is 3. The minimum Gasteiger partial charge on any atom is -0.504 e. The molecule has 2 aliphatic heterocycles. The summed E-state index contributed by atoms with van der Waals surface area (Å²) in [6.45, 7) is 1.89. The van der Waals surface area contributed by atoms with Crippen molar-refractivity contribution in [3.05, 3.63) is 68.3 Å². The number of benzene rings is 2. The first kappa shape index (κ1) is 29.8. The van der Waals surface area contributed by atoms with Gasteiger partial charge in [0.05, 0.1) is 40.9 Å². The van der Waals surface area contributed by atoms with E-state index in [0.29, 0.717) is 34.3 Å². The van der Waals surface area contributed by atoms with Crippen molar-refractivity contribution in [1.82, 2.24) is 0 Å². The van der Waals surface area contributed by atoms with E-state index < -0.39 is 25.1 Å². The van der Waals surface area contributed by atoms with Gasteiger partial charge in [0, 0.05) is 0 Å². The summed E-state index contributed by atoms with van der Waals surface area (Å²) in [7, 11) is 0.457. The molecular weight excluding hydrogens is 636 g/mol. The first-order chi connectivity index (χ1) is 19.8. The molecule has 4 atom stereocenters. The van der Waals surface area contributed by atoms with E-state index in [0.717, 1.165) is 29.6 Å². The normalized spacial score (nSPS) is 24.6. The molecular formula is C31H35BINO7. The average molecular weight is 671 g/mol. The molecule has 2 aromatic rings. The topological polar surface area (TPSA) is 117 Å². The molecule has 216 valence electrons. The third-order valence-electron chi connectivity index (χ3n) is 8.45. The molecule has 2 fully saturated rings. The number of phenolic OH excluding ortho intramolecular Hbond substituents is 1. The van der Waals surface area contributed by atoms with E-state index in [2.05, 4.69) is 35.6 Å². The van der Waals surface area contributed by atoms with Crippen molar-refractivity contribution in [3.8, 4) is 11.5 Å². The van der Waals surface area contributed by atoms with Gasteiger partial charge in [-0.15, -0.1) is 0 Å². The summed E-state index contributed by atoms with van der Waals surface area (Å²) in [5.74, 6) is -1.50. The predicted molar refractivity (Wildman–Crippen MR) is 165 cm³/mol. The highest BCUT2D eigenvalue weighted by Crippen LogP contribution is 2.51. The van der Waals surface area contributed by atoms with Gasteiger partial charge < -0.3 is 24.6 Å². The van der Waals surface area contributed by atoms with Gasteiger partial charge in [-0.05, 0) is 101 Å². The van der Waals surface area contributed by atoms with Crippen LogP contribution >= 0.6 is 22.6 Å². The number of aliphatic hydroxyl groups excluding tert-OH is 1. The second kappa shape index (κ2) is 12.7. The molecule has 0 bridgehead atoms. The SMILES string of the molecule is CCC/C(=C\c1cc(I)c(O)c(OC)c1)CC[C@H]1OB(O)C[C@H]2C1=C(CO)C[C@H]1C(=O)N(c3ccccc3)C(=O)[C@H]12. The van der Waals surface area contributed by atoms with Gasteiger partial charge in [-0.2, -0.15) is 0 Å². The summed E-state index contributed by atoms with van der Waals surface area (Å²) in [5.41, 5.74) is 4.25. The van der Waals surface area contributed by atoms with Crippen LogP contribution in [0.25, 0.3) is 6.08 Å². The van der Waals surface area contributed by atoms with Gasteiger partial charge in [0.25, 0.3) is 0 Å². The summed E-state index contributed by atoms with van der Waals surface area (Å²) in [5, 5.41) is 31.4. The molecule has 41 heavy (non-hydrogen) atoms. The number of hydrogen-bond donors (Lipinski definition) is 3. The van der Waals surface area contributed by atoms with Gasteiger partial charge in [-0.3, -0.25) is 14.5 Å². The van der Waals surface area contributed by atoms with Crippen LogP contribution in [-0.2, 0) is 14.2 Å². The van der Waals surface area contributed by atoms with Gasteiger partial charge in [0.2, 0.25) is 11.8 Å². The van der Waals surface area contributed by atoms with Crippen molar-refractivity contribution in [2.24, 2.45) is 17.8 Å². The van der Waals surface area contributed by atoms with E-state index in [1.54, 1.807) is 30.3 Å². The van der Waals surface area contributed by atoms with Crippen molar-refractivity contribution >= 4 is 53.3 Å². The van der Waals surface area contributed by atoms with Crippen LogP contribution in [0.15, 0.2) is 59.2 Å². The van der Waals surface area contributed by atoms with E-state index in [9.17, 15) is 24.8 Å². The molecule has 2 amide bonds. The van der Waals surface area contributed by atoms with Crippen molar-refractivity contribution in [3.63, 3.8) is 0 Å². The third-order valence-corrected chi connectivity index (χ3v) is 9.28. The third kappa shape index (κ3) is 5.84. The quantitative estimate of drug-likeness (QED) is 0.149. The Bertz CT molecular complexity index is 1380. The number of aromatic hydroxyl groups is 1. The highest BCUT2D eigenvalue weighted by atomic mass is 127. The Balaban J connectivity index is 1.42. The Hall–Kier alpha value is -2.67. The minimum atomic E-state index is -1.07. The largest absolute Gasteiger partial charge is 0.504 e. The zero-order valence-corrected chi connectivity index (χ0v) is 25.4. The lowest BCUT2D eigenvalue weighted by Gasteiger charge is -2.43. The summed E-state index contributed by atoms with van der Waals surface area (Å²) in [6, 6.07) is 12.6. The molecule has 2 saturated heterocycles. The maximum absolute atomic E-state index is 13.7. The molecule has 1 aliphatic carbocycles. The number of ether oxygens (including phenoxy) is 1. The molecule has 0 unspecified atom stereocenters. The Kier molecular flexibility index (Phi) is 9.22. The van der Waals surface area contributed by atoms with E-state index >= 15 is 0 Å². The van der Waals surface area contributed by atoms with Gasteiger partial charge >= 0.3 is 7.12 Å². The first-order valence-electron chi connectivity index (χ1n) is 14.1. The van der Waals surface area contributed by atoms with Crippen molar-refractivity contribution in [2.45, 2.75) is 51.5 Å². The fourth-order valence-corrected chi connectivity index (χ4v) is 7.34. The number of carbonyl (C=O) groups is 2. The average Bonchev–Trinajstić information content (AvgIpc) is 3.22. The number of halogens is 1. The summed E-state index contributed by atoms with van der Waals surface area (Å²) >= 11 is 2.08. The number of nitrogens with zero attached hydrogens (tertiary/aromatic N) is 1. The number of methoxy groups -OCH3 is 1. The summed E-state index contributed by atoms with van der Waals surface area (Å²) < 4.78 is 12.1. The number of hydrogen-bond acceptors (Lipinski definition) is 7. The molecule has 0 radical (unpaired) electrons. The first-order valence-corrected chi connectivity index (χ1v) is 15.2. The van der Waals surface area contributed by atoms with Gasteiger partial charge in [-0.25, -0.2) is 0 Å². The lowest BCUT2D eigenvalue weighted by Crippen LogP contribution is -2.46. The number of amides is 2. The number of allylic oxidation sites excluding steroid dienone is 1. The molecule has 10 heteroatoms. The lowest BCUT2D eigenvalue weighted by molar-refractivity contribution is -0.122. The number of para-hydroxylation sites is 1.